The van der Waals surface area contributed by atoms with Crippen LogP contribution in [0.25, 0.3) is 0 Å². The van der Waals surface area contributed by atoms with Gasteiger partial charge in [0.05, 0.1) is 12.6 Å². The van der Waals surface area contributed by atoms with Gasteiger partial charge in [0.2, 0.25) is 0 Å². The summed E-state index contributed by atoms with van der Waals surface area (Å²) in [6.45, 7) is 0.215. The summed E-state index contributed by atoms with van der Waals surface area (Å²) in [4.78, 5) is 0. The van der Waals surface area contributed by atoms with E-state index in [9.17, 15) is 18.3 Å². The van der Waals surface area contributed by atoms with Crippen LogP contribution in [0.2, 0.25) is 0 Å². The van der Waals surface area contributed by atoms with E-state index in [0.29, 0.717) is 5.56 Å². The number of rotatable bonds is 4. The average molecular weight is 273 g/mol. The van der Waals surface area contributed by atoms with Crippen LogP contribution in [0.1, 0.15) is 11.7 Å². The summed E-state index contributed by atoms with van der Waals surface area (Å²) in [5.41, 5.74) is 0.475. The second-order valence-electron chi connectivity index (χ2n) is 3.79. The normalized spacial score (nSPS) is 13.3. The Bertz CT molecular complexity index is 511. The van der Waals surface area contributed by atoms with E-state index in [2.05, 4.69) is 14.9 Å². The summed E-state index contributed by atoms with van der Waals surface area (Å²) in [5, 5.41) is 17.0. The van der Waals surface area contributed by atoms with Gasteiger partial charge >= 0.3 is 6.36 Å². The zero-order valence-corrected chi connectivity index (χ0v) is 9.58. The fourth-order valence-corrected chi connectivity index (χ4v) is 1.51. The van der Waals surface area contributed by atoms with Crippen molar-refractivity contribution >= 4 is 0 Å². The van der Waals surface area contributed by atoms with Crippen molar-refractivity contribution in [2.45, 2.75) is 19.0 Å². The Hall–Kier alpha value is -2.09. The third-order valence-electron chi connectivity index (χ3n) is 2.35. The molecule has 2 aromatic rings. The van der Waals surface area contributed by atoms with Crippen LogP contribution in [0.3, 0.4) is 0 Å². The van der Waals surface area contributed by atoms with Gasteiger partial charge in [-0.2, -0.15) is 0 Å². The summed E-state index contributed by atoms with van der Waals surface area (Å²) in [6.07, 6.45) is -2.71. The van der Waals surface area contributed by atoms with Crippen LogP contribution < -0.4 is 4.74 Å². The molecule has 0 radical (unpaired) electrons. The molecular weight excluding hydrogens is 263 g/mol. The lowest BCUT2D eigenvalue weighted by Crippen LogP contribution is -2.17. The van der Waals surface area contributed by atoms with Crippen LogP contribution in [0.15, 0.2) is 36.9 Å². The minimum atomic E-state index is -4.72. The molecule has 0 fully saturated rings. The van der Waals surface area contributed by atoms with Gasteiger partial charge in [-0.3, -0.25) is 0 Å². The largest absolute Gasteiger partial charge is 0.573 e. The van der Waals surface area contributed by atoms with E-state index in [1.807, 2.05) is 0 Å². The molecule has 2 rings (SSSR count). The van der Waals surface area contributed by atoms with Crippen LogP contribution in [-0.4, -0.2) is 26.2 Å². The topological polar surface area (TPSA) is 60.2 Å². The Kier molecular flexibility index (Phi) is 3.70. The van der Waals surface area contributed by atoms with Crippen molar-refractivity contribution in [1.29, 1.82) is 0 Å². The fourth-order valence-electron chi connectivity index (χ4n) is 1.51. The van der Waals surface area contributed by atoms with Gasteiger partial charge in [0, 0.05) is 0 Å². The Morgan fingerprint density at radius 1 is 1.16 bits per heavy atom. The van der Waals surface area contributed by atoms with Gasteiger partial charge in [0.25, 0.3) is 0 Å². The van der Waals surface area contributed by atoms with Gasteiger partial charge in [-0.1, -0.05) is 12.1 Å². The first-order valence-electron chi connectivity index (χ1n) is 5.30. The van der Waals surface area contributed by atoms with Gasteiger partial charge in [-0.15, -0.1) is 23.4 Å². The number of nitrogens with zero attached hydrogens (tertiary/aromatic N) is 3. The molecule has 0 unspecified atom stereocenters. The maximum Gasteiger partial charge on any atom is 0.573 e. The van der Waals surface area contributed by atoms with Crippen molar-refractivity contribution in [3.05, 3.63) is 42.5 Å². The summed E-state index contributed by atoms with van der Waals surface area (Å²) in [7, 11) is 0. The van der Waals surface area contributed by atoms with Gasteiger partial charge in [-0.25, -0.2) is 0 Å². The highest BCUT2D eigenvalue weighted by Crippen LogP contribution is 2.24. The van der Waals surface area contributed by atoms with Gasteiger partial charge in [-0.05, 0) is 17.7 Å². The Balaban J connectivity index is 2.01. The van der Waals surface area contributed by atoms with Crippen molar-refractivity contribution in [1.82, 2.24) is 14.8 Å². The fraction of sp³-hybridized carbons (Fsp3) is 0.273. The molecule has 19 heavy (non-hydrogen) atoms. The number of halogens is 3. The Morgan fingerprint density at radius 3 is 2.26 bits per heavy atom. The third-order valence-corrected chi connectivity index (χ3v) is 2.35. The second-order valence-corrected chi connectivity index (χ2v) is 3.79. The third kappa shape index (κ3) is 3.95. The second kappa shape index (κ2) is 5.27. The van der Waals surface area contributed by atoms with E-state index in [-0.39, 0.29) is 12.3 Å². The minimum Gasteiger partial charge on any atom is -0.406 e. The number of benzene rings is 1. The number of alkyl halides is 3. The van der Waals surface area contributed by atoms with E-state index < -0.39 is 12.5 Å². The number of ether oxygens (including phenoxy) is 1. The van der Waals surface area contributed by atoms with Crippen LogP contribution in [0, 0.1) is 0 Å². The van der Waals surface area contributed by atoms with Crippen molar-refractivity contribution in [3.8, 4) is 5.75 Å². The van der Waals surface area contributed by atoms with Crippen LogP contribution in [-0.2, 0) is 6.54 Å². The highest BCUT2D eigenvalue weighted by Gasteiger charge is 2.31. The first-order valence-corrected chi connectivity index (χ1v) is 5.30. The van der Waals surface area contributed by atoms with Crippen LogP contribution in [0.5, 0.6) is 5.75 Å². The highest BCUT2D eigenvalue weighted by atomic mass is 19.4. The lowest BCUT2D eigenvalue weighted by atomic mass is 10.1. The number of aliphatic hydroxyl groups is 1. The summed E-state index contributed by atoms with van der Waals surface area (Å²) in [5.74, 6) is -0.326. The number of aromatic nitrogens is 3. The lowest BCUT2D eigenvalue weighted by molar-refractivity contribution is -0.274. The molecule has 1 aromatic heterocycles. The molecule has 0 aliphatic heterocycles. The van der Waals surface area contributed by atoms with Crippen molar-refractivity contribution < 1.29 is 23.0 Å². The molecule has 0 spiro atoms. The smallest absolute Gasteiger partial charge is 0.406 e. The van der Waals surface area contributed by atoms with Gasteiger partial charge in [0.1, 0.15) is 18.4 Å². The molecule has 0 aliphatic carbocycles. The van der Waals surface area contributed by atoms with Crippen LogP contribution >= 0.6 is 0 Å². The Morgan fingerprint density at radius 2 is 1.74 bits per heavy atom. The van der Waals surface area contributed by atoms with Gasteiger partial charge in [0.15, 0.2) is 0 Å². The van der Waals surface area contributed by atoms with E-state index in [0.717, 1.165) is 12.1 Å². The van der Waals surface area contributed by atoms with Crippen molar-refractivity contribution in [2.24, 2.45) is 0 Å². The standard InChI is InChI=1S/C11H10F3N3O2/c12-11(13,14)19-9-3-1-8(2-4-9)10(18)5-17-6-15-16-7-17/h1-4,6-7,10,18H,5H2/t10-/m0/s1. The molecule has 0 saturated heterocycles. The predicted octanol–water partition coefficient (Wildman–Crippen LogP) is 1.91. The van der Waals surface area contributed by atoms with E-state index in [1.54, 1.807) is 4.57 Å². The molecule has 1 N–H and O–H groups in total. The molecule has 1 atom stereocenters. The van der Waals surface area contributed by atoms with E-state index >= 15 is 0 Å². The highest BCUT2D eigenvalue weighted by molar-refractivity contribution is 5.28. The summed E-state index contributed by atoms with van der Waals surface area (Å²) >= 11 is 0. The SMILES string of the molecule is O[C@@H](Cn1cnnc1)c1ccc(OC(F)(F)F)cc1. The average Bonchev–Trinajstić information content (AvgIpc) is 2.80. The van der Waals surface area contributed by atoms with Crippen molar-refractivity contribution in [2.75, 3.05) is 0 Å². The first kappa shape index (κ1) is 13.3. The summed E-state index contributed by atoms with van der Waals surface area (Å²) in [6, 6.07) is 5.04. The van der Waals surface area contributed by atoms with Crippen LogP contribution in [0.4, 0.5) is 13.2 Å². The molecule has 8 heteroatoms. The molecule has 5 nitrogen and oxygen atoms in total. The maximum atomic E-state index is 12.0. The minimum absolute atomic E-state index is 0.215. The molecule has 102 valence electrons. The summed E-state index contributed by atoms with van der Waals surface area (Å²) < 4.78 is 41.2. The first-order chi connectivity index (χ1) is 8.94. The monoisotopic (exact) mass is 273 g/mol. The molecule has 0 saturated carbocycles. The molecular formula is C11H10F3N3O2. The zero-order chi connectivity index (χ0) is 13.9. The van der Waals surface area contributed by atoms with Gasteiger partial charge < -0.3 is 14.4 Å². The van der Waals surface area contributed by atoms with E-state index in [1.165, 1.54) is 24.8 Å². The zero-order valence-electron chi connectivity index (χ0n) is 9.58. The number of hydrogen-bond donors (Lipinski definition) is 1. The predicted molar refractivity (Wildman–Crippen MR) is 58.1 cm³/mol. The maximum absolute atomic E-state index is 12.0. The van der Waals surface area contributed by atoms with E-state index in [4.69, 9.17) is 0 Å². The quantitative estimate of drug-likeness (QED) is 0.924. The number of aliphatic hydroxyl groups excluding tert-OH is 1. The lowest BCUT2D eigenvalue weighted by Gasteiger charge is -2.13. The molecule has 1 aromatic carbocycles. The molecule has 0 aliphatic rings. The molecule has 0 amide bonds. The molecule has 0 bridgehead atoms. The number of hydrogen-bond acceptors (Lipinski definition) is 4. The Labute approximate surface area is 106 Å². The van der Waals surface area contributed by atoms with Crippen molar-refractivity contribution in [3.63, 3.8) is 0 Å². The molecule has 1 heterocycles.